The summed E-state index contributed by atoms with van der Waals surface area (Å²) in [6, 6.07) is 10.0. The van der Waals surface area contributed by atoms with Gasteiger partial charge in [-0.3, -0.25) is 4.79 Å². The van der Waals surface area contributed by atoms with Crippen LogP contribution in [0.3, 0.4) is 0 Å². The zero-order valence-electron chi connectivity index (χ0n) is 12.2. The van der Waals surface area contributed by atoms with Crippen molar-refractivity contribution >= 4 is 27.4 Å². The van der Waals surface area contributed by atoms with Crippen molar-refractivity contribution in [3.8, 4) is 0 Å². The number of carbonyl (C=O) groups excluding carboxylic acids is 1. The van der Waals surface area contributed by atoms with Gasteiger partial charge in [-0.25, -0.2) is 4.39 Å². The standard InChI is InChI=1S/C17H17BrFNO/c1-17(2,3)11-6-4-10(5-7-11)16(21)12-8-15(20)14(19)9-13(12)18/h4-9H,20H2,1-3H3. The molecule has 0 spiro atoms. The van der Waals surface area contributed by atoms with Crippen LogP contribution >= 0.6 is 15.9 Å². The largest absolute Gasteiger partial charge is 0.396 e. The molecule has 0 aliphatic carbocycles. The van der Waals surface area contributed by atoms with E-state index in [1.54, 1.807) is 12.1 Å². The van der Waals surface area contributed by atoms with Gasteiger partial charge in [0.2, 0.25) is 0 Å². The molecule has 0 bridgehead atoms. The Kier molecular flexibility index (Phi) is 4.19. The van der Waals surface area contributed by atoms with Crippen LogP contribution in [0.5, 0.6) is 0 Å². The molecule has 0 atom stereocenters. The highest BCUT2D eigenvalue weighted by molar-refractivity contribution is 9.10. The lowest BCUT2D eigenvalue weighted by Gasteiger charge is -2.19. The minimum Gasteiger partial charge on any atom is -0.396 e. The molecule has 4 heteroatoms. The summed E-state index contributed by atoms with van der Waals surface area (Å²) < 4.78 is 13.7. The maximum Gasteiger partial charge on any atom is 0.194 e. The molecule has 2 aromatic rings. The lowest BCUT2D eigenvalue weighted by atomic mass is 9.86. The Bertz CT molecular complexity index is 687. The van der Waals surface area contributed by atoms with Gasteiger partial charge in [0.05, 0.1) is 5.69 Å². The minimum atomic E-state index is -0.540. The summed E-state index contributed by atoms with van der Waals surface area (Å²) in [6.07, 6.45) is 0. The number of benzene rings is 2. The van der Waals surface area contributed by atoms with Crippen LogP contribution in [-0.2, 0) is 5.41 Å². The third kappa shape index (κ3) is 3.32. The molecule has 2 nitrogen and oxygen atoms in total. The van der Waals surface area contributed by atoms with E-state index in [-0.39, 0.29) is 16.9 Å². The van der Waals surface area contributed by atoms with Gasteiger partial charge in [0.15, 0.2) is 5.78 Å². The Morgan fingerprint density at radius 3 is 2.24 bits per heavy atom. The van der Waals surface area contributed by atoms with Crippen molar-refractivity contribution in [2.75, 3.05) is 5.73 Å². The fourth-order valence-electron chi connectivity index (χ4n) is 2.02. The summed E-state index contributed by atoms with van der Waals surface area (Å²) in [5.74, 6) is -0.726. The molecule has 0 amide bonds. The van der Waals surface area contributed by atoms with Crippen LogP contribution in [0.4, 0.5) is 10.1 Å². The summed E-state index contributed by atoms with van der Waals surface area (Å²) in [5.41, 5.74) is 7.59. The average molecular weight is 350 g/mol. The van der Waals surface area contributed by atoms with E-state index in [4.69, 9.17) is 5.73 Å². The van der Waals surface area contributed by atoms with Gasteiger partial charge in [-0.2, -0.15) is 0 Å². The molecule has 0 unspecified atom stereocenters. The second kappa shape index (κ2) is 5.60. The molecule has 21 heavy (non-hydrogen) atoms. The molecule has 2 N–H and O–H groups in total. The summed E-state index contributed by atoms with van der Waals surface area (Å²) >= 11 is 3.21. The van der Waals surface area contributed by atoms with Gasteiger partial charge in [-0.15, -0.1) is 0 Å². The van der Waals surface area contributed by atoms with Gasteiger partial charge in [-0.05, 0) is 39.0 Å². The maximum atomic E-state index is 13.3. The van der Waals surface area contributed by atoms with E-state index >= 15 is 0 Å². The first-order valence-electron chi connectivity index (χ1n) is 6.60. The molecule has 2 rings (SSSR count). The Hall–Kier alpha value is -1.68. The molecule has 0 aromatic heterocycles. The fraction of sp³-hybridized carbons (Fsp3) is 0.235. The monoisotopic (exact) mass is 349 g/mol. The molecule has 0 fully saturated rings. The fourth-order valence-corrected chi connectivity index (χ4v) is 2.51. The van der Waals surface area contributed by atoms with Crippen LogP contribution in [0.1, 0.15) is 42.3 Å². The lowest BCUT2D eigenvalue weighted by molar-refractivity contribution is 0.103. The highest BCUT2D eigenvalue weighted by atomic mass is 79.9. The van der Waals surface area contributed by atoms with Crippen molar-refractivity contribution in [1.82, 2.24) is 0 Å². The van der Waals surface area contributed by atoms with Gasteiger partial charge in [0.25, 0.3) is 0 Å². The molecule has 0 aliphatic rings. The van der Waals surface area contributed by atoms with Gasteiger partial charge in [-0.1, -0.05) is 45.0 Å². The summed E-state index contributed by atoms with van der Waals surface area (Å²) in [7, 11) is 0. The number of nitrogen functional groups attached to an aromatic ring is 1. The van der Waals surface area contributed by atoms with E-state index < -0.39 is 5.82 Å². The molecular weight excluding hydrogens is 333 g/mol. The Morgan fingerprint density at radius 2 is 1.71 bits per heavy atom. The Morgan fingerprint density at radius 1 is 1.14 bits per heavy atom. The van der Waals surface area contributed by atoms with Crippen LogP contribution in [0, 0.1) is 5.82 Å². The smallest absolute Gasteiger partial charge is 0.194 e. The second-order valence-electron chi connectivity index (χ2n) is 6.01. The molecule has 0 radical (unpaired) electrons. The van der Waals surface area contributed by atoms with E-state index in [2.05, 4.69) is 36.7 Å². The summed E-state index contributed by atoms with van der Waals surface area (Å²) in [4.78, 5) is 12.5. The van der Waals surface area contributed by atoms with E-state index in [9.17, 15) is 9.18 Å². The number of halogens is 2. The molecule has 0 saturated heterocycles. The molecule has 0 heterocycles. The maximum absolute atomic E-state index is 13.3. The first kappa shape index (κ1) is 15.7. The van der Waals surface area contributed by atoms with E-state index in [1.807, 2.05) is 12.1 Å². The summed E-state index contributed by atoms with van der Waals surface area (Å²) in [5, 5.41) is 0. The number of hydrogen-bond acceptors (Lipinski definition) is 2. The van der Waals surface area contributed by atoms with Crippen LogP contribution in [0.2, 0.25) is 0 Å². The van der Waals surface area contributed by atoms with Gasteiger partial charge < -0.3 is 5.73 Å². The highest BCUT2D eigenvalue weighted by Gasteiger charge is 2.17. The van der Waals surface area contributed by atoms with Crippen LogP contribution in [0.25, 0.3) is 0 Å². The minimum absolute atomic E-state index is 0.0302. The SMILES string of the molecule is CC(C)(C)c1ccc(C(=O)c2cc(N)c(F)cc2Br)cc1. The number of hydrogen-bond donors (Lipinski definition) is 1. The van der Waals surface area contributed by atoms with Gasteiger partial charge in [0, 0.05) is 15.6 Å². The van der Waals surface area contributed by atoms with E-state index in [1.165, 1.54) is 12.1 Å². The number of carbonyl (C=O) groups is 1. The summed E-state index contributed by atoms with van der Waals surface area (Å²) in [6.45, 7) is 6.34. The number of rotatable bonds is 2. The number of anilines is 1. The van der Waals surface area contributed by atoms with Gasteiger partial charge in [0.1, 0.15) is 5.82 Å². The average Bonchev–Trinajstić information content (AvgIpc) is 2.41. The zero-order chi connectivity index (χ0) is 15.8. The van der Waals surface area contributed by atoms with Crippen molar-refractivity contribution in [3.05, 3.63) is 63.4 Å². The predicted octanol–water partition coefficient (Wildman–Crippen LogP) is 4.70. The normalized spacial score (nSPS) is 11.5. The molecule has 0 saturated carbocycles. The molecular formula is C17H17BrFNO. The molecule has 2 aromatic carbocycles. The van der Waals surface area contributed by atoms with Crippen LogP contribution in [-0.4, -0.2) is 5.78 Å². The third-order valence-electron chi connectivity index (χ3n) is 3.34. The lowest BCUT2D eigenvalue weighted by Crippen LogP contribution is -2.11. The number of nitrogens with two attached hydrogens (primary N) is 1. The van der Waals surface area contributed by atoms with E-state index in [0.717, 1.165) is 5.56 Å². The van der Waals surface area contributed by atoms with Crippen molar-refractivity contribution in [2.24, 2.45) is 0 Å². The highest BCUT2D eigenvalue weighted by Crippen LogP contribution is 2.27. The molecule has 110 valence electrons. The third-order valence-corrected chi connectivity index (χ3v) is 4.00. The van der Waals surface area contributed by atoms with Crippen LogP contribution < -0.4 is 5.73 Å². The van der Waals surface area contributed by atoms with Crippen LogP contribution in [0.15, 0.2) is 40.9 Å². The van der Waals surface area contributed by atoms with Crippen molar-refractivity contribution < 1.29 is 9.18 Å². The van der Waals surface area contributed by atoms with Crippen molar-refractivity contribution in [2.45, 2.75) is 26.2 Å². The topological polar surface area (TPSA) is 43.1 Å². The quantitative estimate of drug-likeness (QED) is 0.630. The Labute approximate surface area is 132 Å². The van der Waals surface area contributed by atoms with Crippen molar-refractivity contribution in [3.63, 3.8) is 0 Å². The zero-order valence-corrected chi connectivity index (χ0v) is 13.8. The van der Waals surface area contributed by atoms with E-state index in [0.29, 0.717) is 15.6 Å². The second-order valence-corrected chi connectivity index (χ2v) is 6.86. The van der Waals surface area contributed by atoms with Gasteiger partial charge >= 0.3 is 0 Å². The Balaban J connectivity index is 2.39. The predicted molar refractivity (Wildman–Crippen MR) is 87.1 cm³/mol. The number of ketones is 1. The first-order valence-corrected chi connectivity index (χ1v) is 7.39. The molecule has 0 aliphatic heterocycles. The first-order chi connectivity index (χ1) is 9.70. The van der Waals surface area contributed by atoms with Crippen molar-refractivity contribution in [1.29, 1.82) is 0 Å².